The molecule has 6 nitrogen and oxygen atoms in total. The van der Waals surface area contributed by atoms with Crippen LogP contribution in [0.25, 0.3) is 10.9 Å². The molecule has 1 atom stereocenters. The van der Waals surface area contributed by atoms with E-state index in [1.54, 1.807) is 35.9 Å². The molecule has 1 fully saturated rings. The normalized spacial score (nSPS) is 17.4. The number of rotatable bonds is 13. The number of benzene rings is 1. The number of alkyl halides is 2. The van der Waals surface area contributed by atoms with Crippen LogP contribution in [0.4, 0.5) is 8.78 Å². The first-order valence-electron chi connectivity index (χ1n) is 13.4. The molecule has 204 valence electrons. The van der Waals surface area contributed by atoms with Gasteiger partial charge in [-0.1, -0.05) is 51.9 Å². The van der Waals surface area contributed by atoms with Crippen LogP contribution in [-0.2, 0) is 0 Å². The van der Waals surface area contributed by atoms with E-state index in [1.807, 2.05) is 0 Å². The van der Waals surface area contributed by atoms with E-state index in [1.165, 1.54) is 51.0 Å². The number of nitrogens with one attached hydrogen (secondary N) is 1. The van der Waals surface area contributed by atoms with E-state index in [2.05, 4.69) is 12.2 Å². The standard InChI is InChI=1S/C17H33F2NO.C11H11NO3/c1-2-3-4-5-6-7-8-9-14-20-15-16(21)10-12-17(18,19)13-11-16;1-7(13)12-5-4-8-6-9(11(14)15)2-3-10(8)12/h20-21H,2-15H2,1H3;2-7,13H,1H3,(H,14,15). The van der Waals surface area contributed by atoms with Gasteiger partial charge in [-0.15, -0.1) is 0 Å². The Morgan fingerprint density at radius 2 is 1.64 bits per heavy atom. The fraction of sp³-hybridized carbons (Fsp3) is 0.679. The van der Waals surface area contributed by atoms with Crippen molar-refractivity contribution < 1.29 is 28.9 Å². The summed E-state index contributed by atoms with van der Waals surface area (Å²) in [5.74, 6) is -3.51. The van der Waals surface area contributed by atoms with Crippen LogP contribution in [0.3, 0.4) is 0 Å². The summed E-state index contributed by atoms with van der Waals surface area (Å²) < 4.78 is 27.8. The zero-order valence-corrected chi connectivity index (χ0v) is 21.8. The monoisotopic (exact) mass is 510 g/mol. The molecule has 1 aliphatic rings. The number of aliphatic hydroxyl groups excluding tert-OH is 1. The number of carbonyl (C=O) groups is 1. The Labute approximate surface area is 213 Å². The van der Waals surface area contributed by atoms with E-state index in [0.717, 1.165) is 23.9 Å². The molecule has 0 bridgehead atoms. The zero-order chi connectivity index (χ0) is 26.6. The van der Waals surface area contributed by atoms with Gasteiger partial charge in [0.25, 0.3) is 0 Å². The Hall–Kier alpha value is -2.03. The van der Waals surface area contributed by atoms with Crippen molar-refractivity contribution in [1.29, 1.82) is 0 Å². The van der Waals surface area contributed by atoms with Crippen molar-refractivity contribution in [3.63, 3.8) is 0 Å². The molecule has 0 radical (unpaired) electrons. The Morgan fingerprint density at radius 1 is 1.03 bits per heavy atom. The van der Waals surface area contributed by atoms with E-state index < -0.39 is 23.7 Å². The number of halogens is 2. The lowest BCUT2D eigenvalue weighted by molar-refractivity contribution is -0.102. The number of unbranched alkanes of at least 4 members (excludes halogenated alkanes) is 7. The van der Waals surface area contributed by atoms with Crippen molar-refractivity contribution >= 4 is 16.9 Å². The summed E-state index contributed by atoms with van der Waals surface area (Å²) in [6.45, 7) is 5.23. The quantitative estimate of drug-likeness (QED) is 0.231. The van der Waals surface area contributed by atoms with Crippen LogP contribution in [0.1, 0.15) is 107 Å². The highest BCUT2D eigenvalue weighted by Gasteiger charge is 2.41. The predicted octanol–water partition coefficient (Wildman–Crippen LogP) is 6.51. The van der Waals surface area contributed by atoms with Crippen molar-refractivity contribution in [3.8, 4) is 0 Å². The third kappa shape index (κ3) is 10.1. The molecule has 1 aliphatic carbocycles. The summed E-state index contributed by atoms with van der Waals surface area (Å²) in [4.78, 5) is 10.7. The predicted molar refractivity (Wildman–Crippen MR) is 140 cm³/mol. The number of aliphatic hydroxyl groups is 2. The van der Waals surface area contributed by atoms with E-state index in [4.69, 9.17) is 5.11 Å². The van der Waals surface area contributed by atoms with Gasteiger partial charge in [0.05, 0.1) is 16.7 Å². The first-order chi connectivity index (χ1) is 17.1. The molecule has 1 aromatic carbocycles. The molecule has 1 saturated carbocycles. The molecule has 1 aromatic heterocycles. The number of carboxylic acids is 1. The van der Waals surface area contributed by atoms with Crippen molar-refractivity contribution in [2.24, 2.45) is 0 Å². The molecule has 0 aliphatic heterocycles. The van der Waals surface area contributed by atoms with Gasteiger partial charge in [-0.25, -0.2) is 13.6 Å². The molecular formula is C28H44F2N2O4. The summed E-state index contributed by atoms with van der Waals surface area (Å²) in [7, 11) is 0. The van der Waals surface area contributed by atoms with Crippen molar-refractivity contribution in [3.05, 3.63) is 36.0 Å². The fourth-order valence-corrected chi connectivity index (χ4v) is 4.59. The van der Waals surface area contributed by atoms with Crippen molar-refractivity contribution in [1.82, 2.24) is 9.88 Å². The minimum atomic E-state index is -2.57. The van der Waals surface area contributed by atoms with Crippen LogP contribution in [0.2, 0.25) is 0 Å². The first kappa shape index (κ1) is 30.2. The summed E-state index contributed by atoms with van der Waals surface area (Å²) in [5.41, 5.74) is 0.169. The topological polar surface area (TPSA) is 94.7 Å². The molecule has 3 rings (SSSR count). The summed E-state index contributed by atoms with van der Waals surface area (Å²) in [5, 5.41) is 32.5. The molecular weight excluding hydrogens is 466 g/mol. The second-order valence-electron chi connectivity index (χ2n) is 10.2. The highest BCUT2D eigenvalue weighted by Crippen LogP contribution is 2.38. The highest BCUT2D eigenvalue weighted by atomic mass is 19.3. The summed E-state index contributed by atoms with van der Waals surface area (Å²) in [6.07, 6.45) is 11.5. The maximum absolute atomic E-state index is 13.1. The number of aromatic carboxylic acids is 1. The Morgan fingerprint density at radius 3 is 2.22 bits per heavy atom. The van der Waals surface area contributed by atoms with E-state index >= 15 is 0 Å². The van der Waals surface area contributed by atoms with E-state index in [9.17, 15) is 23.8 Å². The van der Waals surface area contributed by atoms with Crippen LogP contribution in [-0.4, -0.2) is 50.5 Å². The molecule has 4 N–H and O–H groups in total. The second kappa shape index (κ2) is 14.6. The molecule has 2 aromatic rings. The number of carboxylic acid groups (broad SMARTS) is 1. The molecule has 1 heterocycles. The van der Waals surface area contributed by atoms with E-state index in [0.29, 0.717) is 6.54 Å². The van der Waals surface area contributed by atoms with Gasteiger partial charge < -0.3 is 25.2 Å². The molecule has 0 saturated heterocycles. The molecule has 1 unspecified atom stereocenters. The Kier molecular flexibility index (Phi) is 12.3. The maximum Gasteiger partial charge on any atom is 0.335 e. The van der Waals surface area contributed by atoms with Gasteiger partial charge in [0.15, 0.2) is 0 Å². The fourth-order valence-electron chi connectivity index (χ4n) is 4.59. The number of hydrogen-bond acceptors (Lipinski definition) is 4. The third-order valence-electron chi connectivity index (χ3n) is 6.94. The second-order valence-corrected chi connectivity index (χ2v) is 10.2. The Bertz CT molecular complexity index is 919. The lowest BCUT2D eigenvalue weighted by Gasteiger charge is -2.36. The van der Waals surface area contributed by atoms with Gasteiger partial charge in [0.2, 0.25) is 5.92 Å². The SMILES string of the molecule is CC(O)n1ccc2cc(C(=O)O)ccc21.CCCCCCCCCCNCC1(O)CCC(F)(F)CC1. The van der Waals surface area contributed by atoms with Crippen molar-refractivity contribution in [2.45, 2.75) is 109 Å². The minimum absolute atomic E-state index is 0.178. The van der Waals surface area contributed by atoms with Crippen LogP contribution < -0.4 is 5.32 Å². The molecule has 8 heteroatoms. The summed E-state index contributed by atoms with van der Waals surface area (Å²) in [6, 6.07) is 6.61. The average Bonchev–Trinajstić information content (AvgIpc) is 3.27. The highest BCUT2D eigenvalue weighted by molar-refractivity contribution is 5.93. The number of nitrogens with zero attached hydrogens (tertiary/aromatic N) is 1. The largest absolute Gasteiger partial charge is 0.478 e. The van der Waals surface area contributed by atoms with Gasteiger partial charge in [-0.3, -0.25) is 0 Å². The van der Waals surface area contributed by atoms with Gasteiger partial charge in [-0.2, -0.15) is 0 Å². The molecule has 0 spiro atoms. The van der Waals surface area contributed by atoms with Crippen LogP contribution >= 0.6 is 0 Å². The van der Waals surface area contributed by atoms with E-state index in [-0.39, 0.29) is 31.2 Å². The number of hydrogen-bond donors (Lipinski definition) is 4. The smallest absolute Gasteiger partial charge is 0.335 e. The third-order valence-corrected chi connectivity index (χ3v) is 6.94. The zero-order valence-electron chi connectivity index (χ0n) is 21.8. The lowest BCUT2D eigenvalue weighted by Crippen LogP contribution is -2.46. The molecule has 0 amide bonds. The lowest BCUT2D eigenvalue weighted by atomic mass is 9.83. The van der Waals surface area contributed by atoms with Crippen LogP contribution in [0.5, 0.6) is 0 Å². The summed E-state index contributed by atoms with van der Waals surface area (Å²) >= 11 is 0. The molecule has 36 heavy (non-hydrogen) atoms. The number of fused-ring (bicyclic) bond motifs is 1. The van der Waals surface area contributed by atoms with Gasteiger partial charge in [0.1, 0.15) is 6.23 Å². The first-order valence-corrected chi connectivity index (χ1v) is 13.4. The van der Waals surface area contributed by atoms with Gasteiger partial charge >= 0.3 is 5.97 Å². The Balaban J connectivity index is 0.000000267. The van der Waals surface area contributed by atoms with Crippen LogP contribution in [0.15, 0.2) is 30.5 Å². The van der Waals surface area contributed by atoms with Gasteiger partial charge in [-0.05, 0) is 57.0 Å². The maximum atomic E-state index is 13.1. The average molecular weight is 511 g/mol. The van der Waals surface area contributed by atoms with Gasteiger partial charge in [0, 0.05) is 31.0 Å². The minimum Gasteiger partial charge on any atom is -0.478 e. The number of aromatic nitrogens is 1. The van der Waals surface area contributed by atoms with Crippen molar-refractivity contribution in [2.75, 3.05) is 13.1 Å². The van der Waals surface area contributed by atoms with Crippen LogP contribution in [0, 0.1) is 0 Å².